The Labute approximate surface area is 146 Å². The number of carbonyl (C=O) groups is 2. The minimum absolute atomic E-state index is 0.00615. The Hall–Kier alpha value is -2.02. The molecule has 2 aromatic rings. The number of Topliss-reactive ketones (excluding diaryl/α,β-unsaturated/α-hetero) is 1. The zero-order chi connectivity index (χ0) is 17.9. The molecule has 7 heteroatoms. The number of nitrogens with zero attached hydrogens (tertiary/aromatic N) is 3. The zero-order valence-electron chi connectivity index (χ0n) is 14.8. The summed E-state index contributed by atoms with van der Waals surface area (Å²) in [6, 6.07) is -0.0982. The normalized spacial score (nSPS) is 12.2. The topological polar surface area (TPSA) is 76.9 Å². The highest BCUT2D eigenvalue weighted by Gasteiger charge is 2.20. The molecule has 0 bridgehead atoms. The van der Waals surface area contributed by atoms with E-state index in [1.165, 1.54) is 0 Å². The van der Waals surface area contributed by atoms with Gasteiger partial charge in [0.05, 0.1) is 22.3 Å². The number of thiazole rings is 1. The largest absolute Gasteiger partial charge is 0.356 e. The maximum absolute atomic E-state index is 12.1. The summed E-state index contributed by atoms with van der Waals surface area (Å²) in [5.41, 5.74) is 3.20. The number of nitrogens with one attached hydrogen (secondary N) is 1. The van der Waals surface area contributed by atoms with Crippen LogP contribution in [-0.2, 0) is 11.2 Å². The number of ketones is 1. The number of hydrogen-bond donors (Lipinski definition) is 1. The molecule has 2 heterocycles. The molecule has 0 fully saturated rings. The highest BCUT2D eigenvalue weighted by molar-refractivity contribution is 7.09. The van der Waals surface area contributed by atoms with Gasteiger partial charge in [-0.3, -0.25) is 14.3 Å². The van der Waals surface area contributed by atoms with E-state index in [1.807, 2.05) is 33.1 Å². The van der Waals surface area contributed by atoms with Crippen LogP contribution in [-0.4, -0.2) is 33.0 Å². The SMILES string of the molecule is CC(=O)c1c(C)nn([C@H](C)CC(=O)NCCc2nc(C)cs2)c1C. The van der Waals surface area contributed by atoms with Gasteiger partial charge >= 0.3 is 0 Å². The summed E-state index contributed by atoms with van der Waals surface area (Å²) in [6.07, 6.45) is 1.07. The van der Waals surface area contributed by atoms with Crippen molar-refractivity contribution < 1.29 is 9.59 Å². The Morgan fingerprint density at radius 3 is 2.58 bits per heavy atom. The summed E-state index contributed by atoms with van der Waals surface area (Å²) in [6.45, 7) is 9.71. The molecule has 24 heavy (non-hydrogen) atoms. The zero-order valence-corrected chi connectivity index (χ0v) is 15.7. The van der Waals surface area contributed by atoms with E-state index in [0.29, 0.717) is 24.2 Å². The van der Waals surface area contributed by atoms with E-state index in [9.17, 15) is 9.59 Å². The van der Waals surface area contributed by atoms with Gasteiger partial charge in [0.2, 0.25) is 5.91 Å². The number of carbonyl (C=O) groups excluding carboxylic acids is 2. The lowest BCUT2D eigenvalue weighted by atomic mass is 10.1. The lowest BCUT2D eigenvalue weighted by molar-refractivity contribution is -0.121. The Kier molecular flexibility index (Phi) is 5.88. The molecule has 2 rings (SSSR count). The number of aryl methyl sites for hydroxylation is 2. The molecule has 0 aliphatic heterocycles. The van der Waals surface area contributed by atoms with Crippen molar-refractivity contribution in [3.8, 4) is 0 Å². The fraction of sp³-hybridized carbons (Fsp3) is 0.529. The quantitative estimate of drug-likeness (QED) is 0.781. The van der Waals surface area contributed by atoms with Gasteiger partial charge in [-0.1, -0.05) is 0 Å². The summed E-state index contributed by atoms with van der Waals surface area (Å²) in [7, 11) is 0. The molecular formula is C17H24N4O2S. The van der Waals surface area contributed by atoms with Crippen LogP contribution in [0.4, 0.5) is 0 Å². The second-order valence-electron chi connectivity index (χ2n) is 6.08. The molecule has 2 aromatic heterocycles. The molecule has 0 radical (unpaired) electrons. The van der Waals surface area contributed by atoms with E-state index in [2.05, 4.69) is 15.4 Å². The van der Waals surface area contributed by atoms with E-state index in [0.717, 1.165) is 22.8 Å². The third-order valence-corrected chi connectivity index (χ3v) is 4.93. The maximum atomic E-state index is 12.1. The van der Waals surface area contributed by atoms with Gasteiger partial charge in [0.15, 0.2) is 5.78 Å². The lowest BCUT2D eigenvalue weighted by Crippen LogP contribution is -2.28. The molecule has 130 valence electrons. The fourth-order valence-electron chi connectivity index (χ4n) is 2.85. The molecular weight excluding hydrogens is 324 g/mol. The van der Waals surface area contributed by atoms with Crippen molar-refractivity contribution in [3.05, 3.63) is 33.0 Å². The molecule has 1 N–H and O–H groups in total. The second kappa shape index (κ2) is 7.70. The van der Waals surface area contributed by atoms with Crippen LogP contribution in [0.1, 0.15) is 58.8 Å². The Balaban J connectivity index is 1.89. The smallest absolute Gasteiger partial charge is 0.222 e. The van der Waals surface area contributed by atoms with Crippen molar-refractivity contribution >= 4 is 23.0 Å². The van der Waals surface area contributed by atoms with Crippen molar-refractivity contribution in [1.82, 2.24) is 20.1 Å². The van der Waals surface area contributed by atoms with Gasteiger partial charge in [-0.15, -0.1) is 11.3 Å². The van der Waals surface area contributed by atoms with Crippen LogP contribution in [0.2, 0.25) is 0 Å². The van der Waals surface area contributed by atoms with Crippen LogP contribution in [0, 0.1) is 20.8 Å². The molecule has 0 aromatic carbocycles. The summed E-state index contributed by atoms with van der Waals surface area (Å²) in [5.74, 6) is -0.0145. The molecule has 6 nitrogen and oxygen atoms in total. The lowest BCUT2D eigenvalue weighted by Gasteiger charge is -2.14. The van der Waals surface area contributed by atoms with E-state index >= 15 is 0 Å². The van der Waals surface area contributed by atoms with Gasteiger partial charge in [-0.25, -0.2) is 4.98 Å². The van der Waals surface area contributed by atoms with Gasteiger partial charge in [0, 0.05) is 36.2 Å². The molecule has 0 saturated heterocycles. The van der Waals surface area contributed by atoms with Crippen molar-refractivity contribution in [2.75, 3.05) is 6.54 Å². The minimum atomic E-state index is -0.0982. The summed E-state index contributed by atoms with van der Waals surface area (Å²) >= 11 is 1.61. The summed E-state index contributed by atoms with van der Waals surface area (Å²) in [5, 5.41) is 10.4. The number of hydrogen-bond acceptors (Lipinski definition) is 5. The first-order chi connectivity index (χ1) is 11.3. The van der Waals surface area contributed by atoms with Crippen molar-refractivity contribution in [2.45, 2.75) is 53.5 Å². The predicted octanol–water partition coefficient (Wildman–Crippen LogP) is 2.78. The first-order valence-electron chi connectivity index (χ1n) is 8.04. The third kappa shape index (κ3) is 4.29. The standard InChI is InChI=1S/C17H24N4O2S/c1-10-9-24-16(19-10)6-7-18-15(23)8-11(2)21-13(4)17(14(5)22)12(3)20-21/h9,11H,6-8H2,1-5H3,(H,18,23)/t11-/m1/s1. The van der Waals surface area contributed by atoms with Crippen LogP contribution in [0.25, 0.3) is 0 Å². The van der Waals surface area contributed by atoms with Crippen LogP contribution in [0.15, 0.2) is 5.38 Å². The second-order valence-corrected chi connectivity index (χ2v) is 7.02. The third-order valence-electron chi connectivity index (χ3n) is 3.90. The van der Waals surface area contributed by atoms with Crippen molar-refractivity contribution in [1.29, 1.82) is 0 Å². The van der Waals surface area contributed by atoms with E-state index < -0.39 is 0 Å². The summed E-state index contributed by atoms with van der Waals surface area (Å²) in [4.78, 5) is 28.2. The molecule has 1 atom stereocenters. The molecule has 0 spiro atoms. The number of rotatable bonds is 7. The van der Waals surface area contributed by atoms with Crippen LogP contribution < -0.4 is 5.32 Å². The maximum Gasteiger partial charge on any atom is 0.222 e. The highest BCUT2D eigenvalue weighted by atomic mass is 32.1. The van der Waals surface area contributed by atoms with Gasteiger partial charge in [0.1, 0.15) is 0 Å². The van der Waals surface area contributed by atoms with E-state index in [-0.39, 0.29) is 17.7 Å². The average molecular weight is 348 g/mol. The predicted molar refractivity (Wildman–Crippen MR) is 94.6 cm³/mol. The van der Waals surface area contributed by atoms with Gasteiger partial charge in [0.25, 0.3) is 0 Å². The van der Waals surface area contributed by atoms with Crippen molar-refractivity contribution in [3.63, 3.8) is 0 Å². The van der Waals surface area contributed by atoms with Gasteiger partial charge < -0.3 is 5.32 Å². The Bertz CT molecular complexity index is 748. The highest BCUT2D eigenvalue weighted by Crippen LogP contribution is 2.19. The molecule has 0 aliphatic rings. The Morgan fingerprint density at radius 2 is 2.04 bits per heavy atom. The monoisotopic (exact) mass is 348 g/mol. The molecule has 0 saturated carbocycles. The molecule has 1 amide bonds. The first-order valence-corrected chi connectivity index (χ1v) is 8.92. The van der Waals surface area contributed by atoms with Gasteiger partial charge in [-0.2, -0.15) is 5.10 Å². The Morgan fingerprint density at radius 1 is 1.33 bits per heavy atom. The minimum Gasteiger partial charge on any atom is -0.356 e. The van der Waals surface area contributed by atoms with E-state index in [1.54, 1.807) is 22.9 Å². The van der Waals surface area contributed by atoms with Crippen LogP contribution in [0.3, 0.4) is 0 Å². The van der Waals surface area contributed by atoms with E-state index in [4.69, 9.17) is 0 Å². The molecule has 0 unspecified atom stereocenters. The van der Waals surface area contributed by atoms with Gasteiger partial charge in [-0.05, 0) is 34.6 Å². The molecule has 0 aliphatic carbocycles. The van der Waals surface area contributed by atoms with Crippen LogP contribution in [0.5, 0.6) is 0 Å². The van der Waals surface area contributed by atoms with Crippen LogP contribution >= 0.6 is 11.3 Å². The fourth-order valence-corrected chi connectivity index (χ4v) is 3.63. The number of amides is 1. The average Bonchev–Trinajstić information content (AvgIpc) is 3.02. The van der Waals surface area contributed by atoms with Crippen molar-refractivity contribution in [2.24, 2.45) is 0 Å². The first kappa shape index (κ1) is 18.3. The number of aromatic nitrogens is 3. The summed E-state index contributed by atoms with van der Waals surface area (Å²) < 4.78 is 1.77.